The molecule has 0 atom stereocenters. The zero-order valence-electron chi connectivity index (χ0n) is 15.2. The van der Waals surface area contributed by atoms with Crippen LogP contribution in [0, 0.1) is 0 Å². The van der Waals surface area contributed by atoms with Gasteiger partial charge in [-0.1, -0.05) is 18.2 Å². The molecule has 0 aliphatic heterocycles. The number of amides is 1. The van der Waals surface area contributed by atoms with Crippen molar-refractivity contribution in [2.24, 2.45) is 0 Å². The van der Waals surface area contributed by atoms with Crippen molar-refractivity contribution in [2.75, 3.05) is 6.54 Å². The van der Waals surface area contributed by atoms with Crippen LogP contribution < -0.4 is 5.32 Å². The molecular formula is C21H19N5OS. The summed E-state index contributed by atoms with van der Waals surface area (Å²) in [4.78, 5) is 20.8. The van der Waals surface area contributed by atoms with Crippen LogP contribution in [0.25, 0.3) is 16.3 Å². The zero-order chi connectivity index (χ0) is 19.2. The zero-order valence-corrected chi connectivity index (χ0v) is 16.0. The molecule has 1 aromatic carbocycles. The lowest BCUT2D eigenvalue weighted by Gasteiger charge is -2.03. The fraction of sp³-hybridized carbons (Fsp3) is 0.143. The van der Waals surface area contributed by atoms with E-state index < -0.39 is 0 Å². The van der Waals surface area contributed by atoms with Crippen molar-refractivity contribution in [3.05, 3.63) is 83.9 Å². The number of carbonyl (C=O) groups is 1. The molecule has 3 heterocycles. The Morgan fingerprint density at radius 2 is 1.96 bits per heavy atom. The summed E-state index contributed by atoms with van der Waals surface area (Å²) in [5.41, 5.74) is 3.70. The van der Waals surface area contributed by atoms with E-state index in [4.69, 9.17) is 0 Å². The fourth-order valence-corrected chi connectivity index (χ4v) is 3.60. The second kappa shape index (κ2) is 8.58. The maximum absolute atomic E-state index is 12.2. The minimum Gasteiger partial charge on any atom is -0.355 e. The van der Waals surface area contributed by atoms with E-state index in [1.807, 2.05) is 64.8 Å². The number of carbonyl (C=O) groups excluding carboxylic acids is 1. The third-order valence-corrected chi connectivity index (χ3v) is 5.11. The molecule has 1 amide bonds. The Kier molecular flexibility index (Phi) is 5.53. The Labute approximate surface area is 166 Å². The summed E-state index contributed by atoms with van der Waals surface area (Å²) in [6.45, 7) is 0.546. The lowest BCUT2D eigenvalue weighted by molar-refractivity contribution is -0.120. The van der Waals surface area contributed by atoms with Crippen molar-refractivity contribution < 1.29 is 4.79 Å². The summed E-state index contributed by atoms with van der Waals surface area (Å²) in [5.74, 6) is -0.0365. The molecule has 1 N–H and O–H groups in total. The standard InChI is InChI=1S/C21H19N5OS/c27-20(13-18-15-28-21(24-18)16-5-4-10-22-14-16)23-11-8-17-9-12-26(25-17)19-6-2-1-3-7-19/h1-7,9-10,12,14-15H,8,11,13H2,(H,23,27). The third-order valence-electron chi connectivity index (χ3n) is 4.17. The average molecular weight is 389 g/mol. The van der Waals surface area contributed by atoms with Gasteiger partial charge in [-0.2, -0.15) is 5.10 Å². The summed E-state index contributed by atoms with van der Waals surface area (Å²) >= 11 is 1.52. The summed E-state index contributed by atoms with van der Waals surface area (Å²) in [7, 11) is 0. The number of rotatable bonds is 7. The molecule has 4 aromatic rings. The maximum Gasteiger partial charge on any atom is 0.226 e. The van der Waals surface area contributed by atoms with E-state index in [-0.39, 0.29) is 12.3 Å². The highest BCUT2D eigenvalue weighted by atomic mass is 32.1. The van der Waals surface area contributed by atoms with E-state index in [9.17, 15) is 4.79 Å². The van der Waals surface area contributed by atoms with Crippen molar-refractivity contribution in [1.82, 2.24) is 25.1 Å². The highest BCUT2D eigenvalue weighted by Crippen LogP contribution is 2.22. The van der Waals surface area contributed by atoms with Gasteiger partial charge in [-0.15, -0.1) is 11.3 Å². The Bertz CT molecular complexity index is 1040. The number of pyridine rings is 1. The topological polar surface area (TPSA) is 72.7 Å². The Morgan fingerprint density at radius 1 is 1.07 bits per heavy atom. The molecule has 0 aliphatic rings. The smallest absolute Gasteiger partial charge is 0.226 e. The number of thiazole rings is 1. The van der Waals surface area contributed by atoms with Gasteiger partial charge in [-0.3, -0.25) is 9.78 Å². The lowest BCUT2D eigenvalue weighted by Crippen LogP contribution is -2.27. The highest BCUT2D eigenvalue weighted by Gasteiger charge is 2.09. The van der Waals surface area contributed by atoms with Crippen molar-refractivity contribution in [3.63, 3.8) is 0 Å². The monoisotopic (exact) mass is 389 g/mol. The number of nitrogens with one attached hydrogen (secondary N) is 1. The number of para-hydroxylation sites is 1. The van der Waals surface area contributed by atoms with Crippen molar-refractivity contribution in [1.29, 1.82) is 0 Å². The van der Waals surface area contributed by atoms with Crippen LogP contribution in [0.1, 0.15) is 11.4 Å². The van der Waals surface area contributed by atoms with E-state index >= 15 is 0 Å². The lowest BCUT2D eigenvalue weighted by atomic mass is 10.3. The second-order valence-corrected chi connectivity index (χ2v) is 7.11. The molecule has 0 spiro atoms. The molecule has 0 fully saturated rings. The van der Waals surface area contributed by atoms with Gasteiger partial charge in [0.25, 0.3) is 0 Å². The molecule has 0 aliphatic carbocycles. The van der Waals surface area contributed by atoms with Crippen LogP contribution in [0.2, 0.25) is 0 Å². The molecule has 28 heavy (non-hydrogen) atoms. The summed E-state index contributed by atoms with van der Waals surface area (Å²) in [6.07, 6.45) is 6.39. The van der Waals surface area contributed by atoms with Gasteiger partial charge in [0.1, 0.15) is 5.01 Å². The molecule has 3 aromatic heterocycles. The van der Waals surface area contributed by atoms with Crippen molar-refractivity contribution >= 4 is 17.2 Å². The van der Waals surface area contributed by atoms with Gasteiger partial charge in [0.05, 0.1) is 23.5 Å². The van der Waals surface area contributed by atoms with Gasteiger partial charge in [-0.05, 0) is 30.3 Å². The molecule has 6 nitrogen and oxygen atoms in total. The largest absolute Gasteiger partial charge is 0.355 e. The molecular weight excluding hydrogens is 370 g/mol. The first-order chi connectivity index (χ1) is 13.8. The summed E-state index contributed by atoms with van der Waals surface area (Å²) in [5, 5.41) is 10.3. The van der Waals surface area contributed by atoms with Crippen LogP contribution in [0.15, 0.2) is 72.5 Å². The first-order valence-electron chi connectivity index (χ1n) is 8.99. The van der Waals surface area contributed by atoms with Gasteiger partial charge >= 0.3 is 0 Å². The highest BCUT2D eigenvalue weighted by molar-refractivity contribution is 7.13. The maximum atomic E-state index is 12.2. The van der Waals surface area contributed by atoms with Crippen LogP contribution in [-0.2, 0) is 17.6 Å². The summed E-state index contributed by atoms with van der Waals surface area (Å²) in [6, 6.07) is 15.8. The van der Waals surface area contributed by atoms with Gasteiger partial charge in [0.15, 0.2) is 0 Å². The van der Waals surface area contributed by atoms with Crippen molar-refractivity contribution in [3.8, 4) is 16.3 Å². The van der Waals surface area contributed by atoms with Gasteiger partial charge in [0, 0.05) is 42.5 Å². The van der Waals surface area contributed by atoms with Crippen LogP contribution in [0.3, 0.4) is 0 Å². The first kappa shape index (κ1) is 18.1. The average Bonchev–Trinajstić information content (AvgIpc) is 3.39. The Morgan fingerprint density at radius 3 is 2.79 bits per heavy atom. The van der Waals surface area contributed by atoms with E-state index in [1.54, 1.807) is 12.4 Å². The quantitative estimate of drug-likeness (QED) is 0.526. The van der Waals surface area contributed by atoms with Crippen LogP contribution in [-0.4, -0.2) is 32.2 Å². The molecule has 7 heteroatoms. The molecule has 140 valence electrons. The number of nitrogens with zero attached hydrogens (tertiary/aromatic N) is 4. The van der Waals surface area contributed by atoms with Crippen LogP contribution >= 0.6 is 11.3 Å². The van der Waals surface area contributed by atoms with Crippen LogP contribution in [0.4, 0.5) is 0 Å². The third kappa shape index (κ3) is 4.50. The molecule has 0 saturated carbocycles. The van der Waals surface area contributed by atoms with E-state index in [2.05, 4.69) is 20.4 Å². The van der Waals surface area contributed by atoms with E-state index in [0.717, 1.165) is 27.6 Å². The molecule has 0 bridgehead atoms. The van der Waals surface area contributed by atoms with Crippen LogP contribution in [0.5, 0.6) is 0 Å². The van der Waals surface area contributed by atoms with E-state index in [0.29, 0.717) is 13.0 Å². The minimum atomic E-state index is -0.0365. The normalized spacial score (nSPS) is 10.7. The Balaban J connectivity index is 1.26. The number of hydrogen-bond donors (Lipinski definition) is 1. The molecule has 0 unspecified atom stereocenters. The predicted octanol–water partition coefficient (Wildman–Crippen LogP) is 3.29. The van der Waals surface area contributed by atoms with Gasteiger partial charge < -0.3 is 5.32 Å². The van der Waals surface area contributed by atoms with Gasteiger partial charge in [-0.25, -0.2) is 9.67 Å². The number of benzene rings is 1. The molecule has 0 saturated heterocycles. The fourth-order valence-electron chi connectivity index (χ4n) is 2.79. The Hall–Kier alpha value is -3.32. The number of hydrogen-bond acceptors (Lipinski definition) is 5. The molecule has 4 rings (SSSR count). The predicted molar refractivity (Wildman–Crippen MR) is 109 cm³/mol. The number of aromatic nitrogens is 4. The van der Waals surface area contributed by atoms with Crippen molar-refractivity contribution in [2.45, 2.75) is 12.8 Å². The SMILES string of the molecule is O=C(Cc1csc(-c2cccnc2)n1)NCCc1ccn(-c2ccccc2)n1. The summed E-state index contributed by atoms with van der Waals surface area (Å²) < 4.78 is 1.84. The second-order valence-electron chi connectivity index (χ2n) is 6.25. The van der Waals surface area contributed by atoms with Gasteiger partial charge in [0.2, 0.25) is 5.91 Å². The first-order valence-corrected chi connectivity index (χ1v) is 9.87. The minimum absolute atomic E-state index is 0.0365. The molecule has 0 radical (unpaired) electrons. The van der Waals surface area contributed by atoms with E-state index in [1.165, 1.54) is 11.3 Å².